The fraction of sp³-hybridized carbons (Fsp3) is 0.217. The average Bonchev–Trinajstić information content (AvgIpc) is 3.03. The summed E-state index contributed by atoms with van der Waals surface area (Å²) >= 11 is 0. The number of fused-ring (bicyclic) bond motifs is 2. The Bertz CT molecular complexity index is 1090. The van der Waals surface area contributed by atoms with Crippen LogP contribution in [0.1, 0.15) is 24.7 Å². The molecule has 27 heavy (non-hydrogen) atoms. The van der Waals surface area contributed by atoms with Gasteiger partial charge in [0.25, 0.3) is 0 Å². The van der Waals surface area contributed by atoms with E-state index in [9.17, 15) is 4.79 Å². The molecule has 0 spiro atoms. The van der Waals surface area contributed by atoms with Gasteiger partial charge in [-0.15, -0.1) is 0 Å². The summed E-state index contributed by atoms with van der Waals surface area (Å²) in [6.07, 6.45) is 1.71. The number of para-hydroxylation sites is 2. The van der Waals surface area contributed by atoms with Crippen LogP contribution in [0.15, 0.2) is 66.7 Å². The smallest absolute Gasteiger partial charge is 0.216 e. The normalized spacial score (nSPS) is 11.1. The van der Waals surface area contributed by atoms with Crippen LogP contribution in [0.5, 0.6) is 0 Å². The van der Waals surface area contributed by atoms with Crippen LogP contribution < -0.4 is 5.32 Å². The lowest BCUT2D eigenvalue weighted by atomic mass is 10.0. The summed E-state index contributed by atoms with van der Waals surface area (Å²) in [6, 6.07) is 23.2. The summed E-state index contributed by atoms with van der Waals surface area (Å²) in [5.74, 6) is 1.08. The minimum absolute atomic E-state index is 0.0132. The van der Waals surface area contributed by atoms with Crippen LogP contribution >= 0.6 is 0 Å². The number of imidazole rings is 1. The number of aryl methyl sites for hydroxylation is 1. The van der Waals surface area contributed by atoms with Gasteiger partial charge in [0, 0.05) is 26.4 Å². The van der Waals surface area contributed by atoms with Gasteiger partial charge in [0.05, 0.1) is 11.0 Å². The van der Waals surface area contributed by atoms with Crippen molar-refractivity contribution < 1.29 is 4.79 Å². The first-order chi connectivity index (χ1) is 13.2. The van der Waals surface area contributed by atoms with Gasteiger partial charge >= 0.3 is 0 Å². The van der Waals surface area contributed by atoms with Crippen molar-refractivity contribution in [3.05, 3.63) is 78.1 Å². The Morgan fingerprint density at radius 3 is 2.67 bits per heavy atom. The first kappa shape index (κ1) is 17.3. The van der Waals surface area contributed by atoms with Crippen molar-refractivity contribution in [3.63, 3.8) is 0 Å². The van der Waals surface area contributed by atoms with Crippen LogP contribution in [-0.2, 0) is 17.8 Å². The van der Waals surface area contributed by atoms with E-state index in [2.05, 4.69) is 70.5 Å². The van der Waals surface area contributed by atoms with Crippen LogP contribution in [0.25, 0.3) is 21.8 Å². The standard InChI is InChI=1S/C23H23N3O/c1-17(27)24-15-7-14-23-25-21-12-4-5-13-22(21)26(23)16-19-10-6-9-18-8-2-3-11-20(18)19/h2-6,8-13H,7,14-16H2,1H3,(H,24,27). The van der Waals surface area contributed by atoms with Gasteiger partial charge in [-0.2, -0.15) is 0 Å². The number of rotatable bonds is 6. The molecule has 136 valence electrons. The summed E-state index contributed by atoms with van der Waals surface area (Å²) in [5, 5.41) is 5.40. The second-order valence-corrected chi connectivity index (χ2v) is 6.83. The number of nitrogens with zero attached hydrogens (tertiary/aromatic N) is 2. The SMILES string of the molecule is CC(=O)NCCCc1nc2ccccc2n1Cc1cccc2ccccc12. The maximum Gasteiger partial charge on any atom is 0.216 e. The molecule has 1 N–H and O–H groups in total. The highest BCUT2D eigenvalue weighted by atomic mass is 16.1. The third-order valence-electron chi connectivity index (χ3n) is 4.89. The van der Waals surface area contributed by atoms with Crippen LogP contribution in [0, 0.1) is 0 Å². The molecule has 0 bridgehead atoms. The fourth-order valence-corrected chi connectivity index (χ4v) is 3.60. The predicted molar refractivity (Wildman–Crippen MR) is 110 cm³/mol. The molecule has 0 unspecified atom stereocenters. The minimum atomic E-state index is 0.0132. The molecule has 4 nitrogen and oxygen atoms in total. The number of carbonyl (C=O) groups excluding carboxylic acids is 1. The molecule has 0 radical (unpaired) electrons. The summed E-state index contributed by atoms with van der Waals surface area (Å²) in [7, 11) is 0. The first-order valence-electron chi connectivity index (χ1n) is 9.37. The van der Waals surface area contributed by atoms with Crippen LogP contribution in [0.2, 0.25) is 0 Å². The number of nitrogens with one attached hydrogen (secondary N) is 1. The third-order valence-corrected chi connectivity index (χ3v) is 4.89. The van der Waals surface area contributed by atoms with Crippen molar-refractivity contribution in [2.24, 2.45) is 0 Å². The molecular formula is C23H23N3O. The van der Waals surface area contributed by atoms with E-state index < -0.39 is 0 Å². The largest absolute Gasteiger partial charge is 0.356 e. The van der Waals surface area contributed by atoms with E-state index in [0.29, 0.717) is 6.54 Å². The first-order valence-corrected chi connectivity index (χ1v) is 9.37. The molecule has 0 aliphatic heterocycles. The Morgan fingerprint density at radius 2 is 1.78 bits per heavy atom. The topological polar surface area (TPSA) is 46.9 Å². The highest BCUT2D eigenvalue weighted by molar-refractivity contribution is 5.86. The zero-order chi connectivity index (χ0) is 18.6. The number of amides is 1. The summed E-state index contributed by atoms with van der Waals surface area (Å²) in [6.45, 7) is 3.01. The second-order valence-electron chi connectivity index (χ2n) is 6.83. The molecule has 0 aliphatic carbocycles. The molecule has 4 aromatic rings. The van der Waals surface area contributed by atoms with Crippen LogP contribution in [-0.4, -0.2) is 22.0 Å². The Labute approximate surface area is 158 Å². The van der Waals surface area contributed by atoms with E-state index in [1.54, 1.807) is 6.92 Å². The zero-order valence-electron chi connectivity index (χ0n) is 15.5. The Hall–Kier alpha value is -3.14. The van der Waals surface area contributed by atoms with E-state index in [4.69, 9.17) is 4.98 Å². The number of aromatic nitrogens is 2. The molecule has 0 aliphatic rings. The average molecular weight is 357 g/mol. The van der Waals surface area contributed by atoms with Gasteiger partial charge < -0.3 is 9.88 Å². The van der Waals surface area contributed by atoms with Crippen LogP contribution in [0.3, 0.4) is 0 Å². The molecule has 1 aromatic heterocycles. The molecule has 4 rings (SSSR count). The van der Waals surface area contributed by atoms with Gasteiger partial charge in [0.1, 0.15) is 5.82 Å². The van der Waals surface area contributed by atoms with Gasteiger partial charge in [-0.05, 0) is 34.9 Å². The van der Waals surface area contributed by atoms with E-state index in [-0.39, 0.29) is 5.91 Å². The summed E-state index contributed by atoms with van der Waals surface area (Å²) < 4.78 is 2.31. The third kappa shape index (κ3) is 3.70. The number of hydrogen-bond acceptors (Lipinski definition) is 2. The van der Waals surface area contributed by atoms with E-state index in [1.807, 2.05) is 6.07 Å². The number of benzene rings is 3. The minimum Gasteiger partial charge on any atom is -0.356 e. The molecule has 0 saturated heterocycles. The fourth-order valence-electron chi connectivity index (χ4n) is 3.60. The molecule has 0 fully saturated rings. The number of hydrogen-bond donors (Lipinski definition) is 1. The van der Waals surface area contributed by atoms with E-state index in [1.165, 1.54) is 16.3 Å². The molecule has 4 heteroatoms. The Kier molecular flexibility index (Phi) is 4.88. The predicted octanol–water partition coefficient (Wildman–Crippen LogP) is 4.31. The highest BCUT2D eigenvalue weighted by Crippen LogP contribution is 2.23. The van der Waals surface area contributed by atoms with Crippen molar-refractivity contribution >= 4 is 27.7 Å². The molecular weight excluding hydrogens is 334 g/mol. The monoisotopic (exact) mass is 357 g/mol. The Balaban J connectivity index is 1.69. The maximum absolute atomic E-state index is 11.1. The van der Waals surface area contributed by atoms with Crippen molar-refractivity contribution in [2.45, 2.75) is 26.3 Å². The van der Waals surface area contributed by atoms with Crippen molar-refractivity contribution in [2.75, 3.05) is 6.54 Å². The van der Waals surface area contributed by atoms with E-state index >= 15 is 0 Å². The van der Waals surface area contributed by atoms with Gasteiger partial charge in [-0.25, -0.2) is 4.98 Å². The molecule has 1 heterocycles. The summed E-state index contributed by atoms with van der Waals surface area (Å²) in [4.78, 5) is 16.0. The van der Waals surface area contributed by atoms with Gasteiger partial charge in [0.2, 0.25) is 5.91 Å². The summed E-state index contributed by atoms with van der Waals surface area (Å²) in [5.41, 5.74) is 3.46. The molecule has 0 atom stereocenters. The number of carbonyl (C=O) groups is 1. The van der Waals surface area contributed by atoms with Gasteiger partial charge in [0.15, 0.2) is 0 Å². The molecule has 3 aromatic carbocycles. The van der Waals surface area contributed by atoms with Gasteiger partial charge in [-0.1, -0.05) is 54.6 Å². The lowest BCUT2D eigenvalue weighted by molar-refractivity contribution is -0.118. The highest BCUT2D eigenvalue weighted by Gasteiger charge is 2.12. The zero-order valence-corrected chi connectivity index (χ0v) is 15.5. The van der Waals surface area contributed by atoms with Crippen molar-refractivity contribution in [1.82, 2.24) is 14.9 Å². The van der Waals surface area contributed by atoms with Gasteiger partial charge in [-0.3, -0.25) is 4.79 Å². The van der Waals surface area contributed by atoms with E-state index in [0.717, 1.165) is 36.2 Å². The quantitative estimate of drug-likeness (QED) is 0.523. The second kappa shape index (κ2) is 7.62. The van der Waals surface area contributed by atoms with Crippen LogP contribution in [0.4, 0.5) is 0 Å². The Morgan fingerprint density at radius 1 is 1.00 bits per heavy atom. The lowest BCUT2D eigenvalue weighted by Gasteiger charge is -2.12. The molecule has 1 amide bonds. The van der Waals surface area contributed by atoms with Crippen molar-refractivity contribution in [3.8, 4) is 0 Å². The maximum atomic E-state index is 11.1. The lowest BCUT2D eigenvalue weighted by Crippen LogP contribution is -2.21. The van der Waals surface area contributed by atoms with Crippen molar-refractivity contribution in [1.29, 1.82) is 0 Å². The molecule has 0 saturated carbocycles.